The van der Waals surface area contributed by atoms with Gasteiger partial charge >= 0.3 is 0 Å². The SMILES string of the molecule is O=C(NC(CO)(CO)CO)C1CC(=O)N(C2CCCC2)C1. The average molecular weight is 300 g/mol. The van der Waals surface area contributed by atoms with Crippen LogP contribution in [0.5, 0.6) is 0 Å². The van der Waals surface area contributed by atoms with Crippen LogP contribution in [0.2, 0.25) is 0 Å². The van der Waals surface area contributed by atoms with E-state index in [0.717, 1.165) is 25.7 Å². The summed E-state index contributed by atoms with van der Waals surface area (Å²) in [6, 6.07) is 0.244. The first-order valence-electron chi connectivity index (χ1n) is 7.49. The van der Waals surface area contributed by atoms with E-state index in [0.29, 0.717) is 6.54 Å². The first-order chi connectivity index (χ1) is 10.0. The molecule has 2 amide bonds. The van der Waals surface area contributed by atoms with E-state index < -0.39 is 37.2 Å². The van der Waals surface area contributed by atoms with Crippen molar-refractivity contribution in [2.75, 3.05) is 26.4 Å². The van der Waals surface area contributed by atoms with E-state index in [-0.39, 0.29) is 18.4 Å². The molecule has 0 aromatic carbocycles. The molecule has 0 aromatic rings. The summed E-state index contributed by atoms with van der Waals surface area (Å²) in [5.41, 5.74) is -1.43. The van der Waals surface area contributed by atoms with E-state index >= 15 is 0 Å². The van der Waals surface area contributed by atoms with Crippen molar-refractivity contribution in [1.82, 2.24) is 10.2 Å². The number of nitrogens with one attached hydrogen (secondary N) is 1. The van der Waals surface area contributed by atoms with Gasteiger partial charge in [0.1, 0.15) is 5.54 Å². The van der Waals surface area contributed by atoms with Crippen LogP contribution in [0.1, 0.15) is 32.1 Å². The number of carbonyl (C=O) groups excluding carboxylic acids is 2. The summed E-state index contributed by atoms with van der Waals surface area (Å²) in [5, 5.41) is 30.2. The van der Waals surface area contributed by atoms with Gasteiger partial charge in [-0.05, 0) is 12.8 Å². The molecule has 0 radical (unpaired) electrons. The van der Waals surface area contributed by atoms with Crippen LogP contribution >= 0.6 is 0 Å². The zero-order valence-electron chi connectivity index (χ0n) is 12.1. The Morgan fingerprint density at radius 2 is 1.76 bits per heavy atom. The first kappa shape index (κ1) is 16.2. The van der Waals surface area contributed by atoms with Gasteiger partial charge in [0, 0.05) is 19.0 Å². The average Bonchev–Trinajstić information content (AvgIpc) is 3.13. The van der Waals surface area contributed by atoms with Crippen LogP contribution < -0.4 is 5.32 Å². The van der Waals surface area contributed by atoms with Gasteiger partial charge in [-0.1, -0.05) is 12.8 Å². The summed E-state index contributed by atoms with van der Waals surface area (Å²) in [6.07, 6.45) is 4.38. The Hall–Kier alpha value is -1.18. The Balaban J connectivity index is 1.96. The van der Waals surface area contributed by atoms with E-state index in [1.165, 1.54) is 0 Å². The van der Waals surface area contributed by atoms with Crippen LogP contribution in [0.4, 0.5) is 0 Å². The van der Waals surface area contributed by atoms with Gasteiger partial charge in [0.25, 0.3) is 0 Å². The number of hydrogen-bond acceptors (Lipinski definition) is 5. The van der Waals surface area contributed by atoms with Gasteiger partial charge in [0.2, 0.25) is 11.8 Å². The van der Waals surface area contributed by atoms with Crippen molar-refractivity contribution in [3.63, 3.8) is 0 Å². The standard InChI is InChI=1S/C14H24N2O5/c17-7-14(8-18,9-19)15-13(21)10-5-12(20)16(6-10)11-3-1-2-4-11/h10-11,17-19H,1-9H2,(H,15,21). The fraction of sp³-hybridized carbons (Fsp3) is 0.857. The molecule has 0 spiro atoms. The molecule has 1 atom stereocenters. The van der Waals surface area contributed by atoms with Crippen molar-refractivity contribution in [2.45, 2.75) is 43.7 Å². The molecular formula is C14H24N2O5. The first-order valence-corrected chi connectivity index (χ1v) is 7.49. The van der Waals surface area contributed by atoms with Gasteiger partial charge in [-0.3, -0.25) is 9.59 Å². The summed E-state index contributed by atoms with van der Waals surface area (Å²) in [5.74, 6) is -0.896. The maximum atomic E-state index is 12.2. The maximum Gasteiger partial charge on any atom is 0.226 e. The highest BCUT2D eigenvalue weighted by Gasteiger charge is 2.41. The molecule has 7 heteroatoms. The smallest absolute Gasteiger partial charge is 0.226 e. The molecule has 1 aliphatic carbocycles. The highest BCUT2D eigenvalue weighted by atomic mass is 16.3. The van der Waals surface area contributed by atoms with E-state index in [1.807, 2.05) is 0 Å². The van der Waals surface area contributed by atoms with E-state index in [4.69, 9.17) is 0 Å². The molecule has 2 fully saturated rings. The molecule has 2 rings (SSSR count). The Kier molecular flexibility index (Phi) is 5.18. The molecule has 0 aromatic heterocycles. The maximum absolute atomic E-state index is 12.2. The molecule has 0 bridgehead atoms. The minimum Gasteiger partial charge on any atom is -0.394 e. The lowest BCUT2D eigenvalue weighted by molar-refractivity contribution is -0.131. The normalized spacial score (nSPS) is 23.9. The van der Waals surface area contributed by atoms with Gasteiger partial charge < -0.3 is 25.5 Å². The topological polar surface area (TPSA) is 110 Å². The molecule has 1 heterocycles. The Morgan fingerprint density at radius 3 is 2.29 bits per heavy atom. The quantitative estimate of drug-likeness (QED) is 0.483. The minimum absolute atomic E-state index is 0.00959. The predicted octanol–water partition coefficient (Wildman–Crippen LogP) is -1.39. The van der Waals surface area contributed by atoms with Gasteiger partial charge in [0.05, 0.1) is 25.7 Å². The third-order valence-corrected chi connectivity index (χ3v) is 4.59. The number of nitrogens with zero attached hydrogens (tertiary/aromatic N) is 1. The van der Waals surface area contributed by atoms with E-state index in [1.54, 1.807) is 4.90 Å². The largest absolute Gasteiger partial charge is 0.394 e. The lowest BCUT2D eigenvalue weighted by atomic mass is 10.0. The van der Waals surface area contributed by atoms with Crippen molar-refractivity contribution in [3.8, 4) is 0 Å². The number of carbonyl (C=O) groups is 2. The van der Waals surface area contributed by atoms with Crippen LogP contribution in [-0.2, 0) is 9.59 Å². The molecule has 7 nitrogen and oxygen atoms in total. The summed E-state index contributed by atoms with van der Waals surface area (Å²) in [7, 11) is 0. The van der Waals surface area contributed by atoms with Gasteiger partial charge in [-0.2, -0.15) is 0 Å². The Bertz CT molecular complexity index is 383. The fourth-order valence-corrected chi connectivity index (χ4v) is 3.11. The lowest BCUT2D eigenvalue weighted by Crippen LogP contribution is -2.58. The van der Waals surface area contributed by atoms with Crippen LogP contribution in [0.3, 0.4) is 0 Å². The number of hydrogen-bond donors (Lipinski definition) is 4. The molecule has 1 saturated carbocycles. The third kappa shape index (κ3) is 3.36. The summed E-state index contributed by atoms with van der Waals surface area (Å²) in [4.78, 5) is 26.1. The van der Waals surface area contributed by atoms with E-state index in [2.05, 4.69) is 5.32 Å². The molecule has 21 heavy (non-hydrogen) atoms. The van der Waals surface area contributed by atoms with Crippen LogP contribution in [-0.4, -0.2) is 70.0 Å². The summed E-state index contributed by atoms with van der Waals surface area (Å²) in [6.45, 7) is -1.29. The van der Waals surface area contributed by atoms with Crippen LogP contribution in [0.25, 0.3) is 0 Å². The Morgan fingerprint density at radius 1 is 1.19 bits per heavy atom. The second kappa shape index (κ2) is 6.72. The highest BCUT2D eigenvalue weighted by Crippen LogP contribution is 2.29. The number of amides is 2. The van der Waals surface area contributed by atoms with Gasteiger partial charge in [0.15, 0.2) is 0 Å². The molecular weight excluding hydrogens is 276 g/mol. The predicted molar refractivity (Wildman–Crippen MR) is 74.2 cm³/mol. The van der Waals surface area contributed by atoms with Crippen molar-refractivity contribution in [2.24, 2.45) is 5.92 Å². The molecule has 1 unspecified atom stereocenters. The summed E-state index contributed by atoms with van der Waals surface area (Å²) >= 11 is 0. The van der Waals surface area contributed by atoms with Crippen molar-refractivity contribution < 1.29 is 24.9 Å². The monoisotopic (exact) mass is 300 g/mol. The number of aliphatic hydroxyl groups excluding tert-OH is 3. The molecule has 2 aliphatic rings. The van der Waals surface area contributed by atoms with Crippen LogP contribution in [0, 0.1) is 5.92 Å². The van der Waals surface area contributed by atoms with Gasteiger partial charge in [-0.25, -0.2) is 0 Å². The second-order valence-corrected chi connectivity index (χ2v) is 6.13. The van der Waals surface area contributed by atoms with Gasteiger partial charge in [-0.15, -0.1) is 0 Å². The van der Waals surface area contributed by atoms with E-state index in [9.17, 15) is 24.9 Å². The second-order valence-electron chi connectivity index (χ2n) is 6.13. The summed E-state index contributed by atoms with van der Waals surface area (Å²) < 4.78 is 0. The van der Waals surface area contributed by atoms with Crippen molar-refractivity contribution in [3.05, 3.63) is 0 Å². The molecule has 1 saturated heterocycles. The fourth-order valence-electron chi connectivity index (χ4n) is 3.11. The zero-order chi connectivity index (χ0) is 15.5. The molecule has 4 N–H and O–H groups in total. The van der Waals surface area contributed by atoms with Crippen molar-refractivity contribution >= 4 is 11.8 Å². The number of likely N-dealkylation sites (tertiary alicyclic amines) is 1. The zero-order valence-corrected chi connectivity index (χ0v) is 12.1. The Labute approximate surface area is 123 Å². The van der Waals surface area contributed by atoms with Crippen molar-refractivity contribution in [1.29, 1.82) is 0 Å². The van der Waals surface area contributed by atoms with Crippen LogP contribution in [0.15, 0.2) is 0 Å². The molecule has 1 aliphatic heterocycles. The minimum atomic E-state index is -1.43. The lowest BCUT2D eigenvalue weighted by Gasteiger charge is -2.30. The third-order valence-electron chi connectivity index (χ3n) is 4.59. The highest BCUT2D eigenvalue weighted by molar-refractivity contribution is 5.89. The number of aliphatic hydroxyl groups is 3. The molecule has 120 valence electrons. The number of rotatable bonds is 6.